The van der Waals surface area contributed by atoms with Gasteiger partial charge in [0.25, 0.3) is 0 Å². The van der Waals surface area contributed by atoms with Crippen LogP contribution < -0.4 is 4.74 Å². The number of hydrogen-bond donors (Lipinski definition) is 0. The molecule has 0 saturated heterocycles. The summed E-state index contributed by atoms with van der Waals surface area (Å²) in [6.45, 7) is 0. The Hall–Kier alpha value is -1.84. The van der Waals surface area contributed by atoms with Gasteiger partial charge in [-0.2, -0.15) is 0 Å². The van der Waals surface area contributed by atoms with Crippen LogP contribution in [0.4, 0.5) is 4.39 Å². The molecule has 20 heavy (non-hydrogen) atoms. The Morgan fingerprint density at radius 3 is 2.65 bits per heavy atom. The summed E-state index contributed by atoms with van der Waals surface area (Å²) >= 11 is 11.7. The second-order valence-electron chi connectivity index (χ2n) is 4.15. The van der Waals surface area contributed by atoms with Crippen molar-refractivity contribution < 1.29 is 9.13 Å². The lowest BCUT2D eigenvalue weighted by molar-refractivity contribution is 0.486. The van der Waals surface area contributed by atoms with E-state index >= 15 is 0 Å². The molecule has 0 saturated carbocycles. The first-order valence-corrected chi connectivity index (χ1v) is 6.56. The fourth-order valence-corrected chi connectivity index (χ4v) is 2.19. The molecule has 3 aromatic rings. The van der Waals surface area contributed by atoms with E-state index in [1.807, 2.05) is 6.07 Å². The first-order chi connectivity index (χ1) is 9.63. The molecule has 0 aliphatic rings. The van der Waals surface area contributed by atoms with Crippen molar-refractivity contribution >= 4 is 34.1 Å². The number of pyridine rings is 1. The number of benzene rings is 2. The Balaban J connectivity index is 2.04. The summed E-state index contributed by atoms with van der Waals surface area (Å²) in [7, 11) is 0. The van der Waals surface area contributed by atoms with Gasteiger partial charge in [0.1, 0.15) is 17.3 Å². The zero-order valence-corrected chi connectivity index (χ0v) is 11.6. The standard InChI is InChI=1S/C15H8Cl2FNO/c16-9-1-3-11-14(7-9)19-6-5-15(11)20-10-2-4-13(18)12(17)8-10/h1-8H. The molecular formula is C15H8Cl2FNO. The van der Waals surface area contributed by atoms with Gasteiger partial charge in [-0.15, -0.1) is 0 Å². The Morgan fingerprint density at radius 1 is 1.00 bits per heavy atom. The van der Waals surface area contributed by atoms with Crippen LogP contribution in [0.1, 0.15) is 0 Å². The van der Waals surface area contributed by atoms with Gasteiger partial charge in [-0.1, -0.05) is 23.2 Å². The van der Waals surface area contributed by atoms with Gasteiger partial charge in [0.2, 0.25) is 0 Å². The van der Waals surface area contributed by atoms with E-state index in [1.165, 1.54) is 18.2 Å². The normalized spacial score (nSPS) is 10.8. The Morgan fingerprint density at radius 2 is 1.85 bits per heavy atom. The fraction of sp³-hybridized carbons (Fsp3) is 0. The third kappa shape index (κ3) is 2.55. The summed E-state index contributed by atoms with van der Waals surface area (Å²) in [5.74, 6) is 0.582. The summed E-state index contributed by atoms with van der Waals surface area (Å²) in [6, 6.07) is 11.3. The van der Waals surface area contributed by atoms with Crippen molar-refractivity contribution in [1.29, 1.82) is 0 Å². The summed E-state index contributed by atoms with van der Waals surface area (Å²) in [5.41, 5.74) is 0.725. The number of hydrogen-bond acceptors (Lipinski definition) is 2. The molecule has 2 nitrogen and oxygen atoms in total. The SMILES string of the molecule is Fc1ccc(Oc2ccnc3cc(Cl)ccc23)cc1Cl. The number of rotatable bonds is 2. The molecule has 0 aliphatic carbocycles. The molecule has 0 unspecified atom stereocenters. The van der Waals surface area contributed by atoms with E-state index in [0.717, 1.165) is 10.9 Å². The number of ether oxygens (including phenoxy) is 1. The quantitative estimate of drug-likeness (QED) is 0.626. The minimum atomic E-state index is -0.481. The highest BCUT2D eigenvalue weighted by Crippen LogP contribution is 2.31. The van der Waals surface area contributed by atoms with Crippen LogP contribution in [-0.2, 0) is 0 Å². The minimum Gasteiger partial charge on any atom is -0.457 e. The first-order valence-electron chi connectivity index (χ1n) is 5.81. The van der Waals surface area contributed by atoms with Gasteiger partial charge in [0, 0.05) is 22.7 Å². The van der Waals surface area contributed by atoms with Crippen molar-refractivity contribution in [2.24, 2.45) is 0 Å². The molecule has 0 N–H and O–H groups in total. The number of aromatic nitrogens is 1. The minimum absolute atomic E-state index is 0.0175. The molecule has 5 heteroatoms. The highest BCUT2D eigenvalue weighted by Gasteiger charge is 2.07. The highest BCUT2D eigenvalue weighted by molar-refractivity contribution is 6.31. The molecule has 0 atom stereocenters. The predicted molar refractivity (Wildman–Crippen MR) is 78.2 cm³/mol. The molecule has 0 amide bonds. The van der Waals surface area contributed by atoms with Gasteiger partial charge in [0.15, 0.2) is 0 Å². The monoisotopic (exact) mass is 307 g/mol. The Bertz CT molecular complexity index is 792. The molecule has 100 valence electrons. The van der Waals surface area contributed by atoms with Crippen LogP contribution in [0.15, 0.2) is 48.7 Å². The van der Waals surface area contributed by atoms with E-state index in [1.54, 1.807) is 24.4 Å². The van der Waals surface area contributed by atoms with Crippen molar-refractivity contribution in [3.05, 3.63) is 64.5 Å². The lowest BCUT2D eigenvalue weighted by Gasteiger charge is -2.09. The third-order valence-corrected chi connectivity index (χ3v) is 3.31. The number of halogens is 3. The summed E-state index contributed by atoms with van der Waals surface area (Å²) in [6.07, 6.45) is 1.62. The van der Waals surface area contributed by atoms with E-state index < -0.39 is 5.82 Å². The maximum absolute atomic E-state index is 13.1. The lowest BCUT2D eigenvalue weighted by Crippen LogP contribution is -1.88. The largest absolute Gasteiger partial charge is 0.457 e. The zero-order chi connectivity index (χ0) is 14.1. The molecule has 0 aliphatic heterocycles. The Labute approximate surface area is 124 Å². The van der Waals surface area contributed by atoms with E-state index in [0.29, 0.717) is 16.5 Å². The van der Waals surface area contributed by atoms with Crippen LogP contribution in [0.25, 0.3) is 10.9 Å². The van der Waals surface area contributed by atoms with Crippen LogP contribution >= 0.6 is 23.2 Å². The average molecular weight is 308 g/mol. The third-order valence-electron chi connectivity index (χ3n) is 2.78. The second-order valence-corrected chi connectivity index (χ2v) is 4.99. The van der Waals surface area contributed by atoms with Crippen molar-refractivity contribution in [2.75, 3.05) is 0 Å². The maximum atomic E-state index is 13.1. The average Bonchev–Trinajstić information content (AvgIpc) is 2.43. The van der Waals surface area contributed by atoms with Gasteiger partial charge in [-0.25, -0.2) is 4.39 Å². The zero-order valence-electron chi connectivity index (χ0n) is 10.1. The molecule has 1 aromatic heterocycles. The van der Waals surface area contributed by atoms with E-state index in [-0.39, 0.29) is 5.02 Å². The van der Waals surface area contributed by atoms with E-state index in [9.17, 15) is 4.39 Å². The topological polar surface area (TPSA) is 22.1 Å². The molecule has 0 bridgehead atoms. The highest BCUT2D eigenvalue weighted by atomic mass is 35.5. The molecule has 0 radical (unpaired) electrons. The van der Waals surface area contributed by atoms with Gasteiger partial charge >= 0.3 is 0 Å². The molecule has 3 rings (SSSR count). The first kappa shape index (κ1) is 13.2. The van der Waals surface area contributed by atoms with Crippen LogP contribution in [-0.4, -0.2) is 4.98 Å². The number of nitrogens with zero attached hydrogens (tertiary/aromatic N) is 1. The molecule has 2 aromatic carbocycles. The maximum Gasteiger partial charge on any atom is 0.142 e. The number of fused-ring (bicyclic) bond motifs is 1. The smallest absolute Gasteiger partial charge is 0.142 e. The second kappa shape index (κ2) is 5.27. The van der Waals surface area contributed by atoms with Crippen molar-refractivity contribution in [2.45, 2.75) is 0 Å². The Kier molecular flexibility index (Phi) is 3.47. The summed E-state index contributed by atoms with van der Waals surface area (Å²) < 4.78 is 18.9. The van der Waals surface area contributed by atoms with Crippen LogP contribution in [0.3, 0.4) is 0 Å². The van der Waals surface area contributed by atoms with E-state index in [2.05, 4.69) is 4.98 Å². The molecule has 1 heterocycles. The molecule has 0 spiro atoms. The van der Waals surface area contributed by atoms with Crippen molar-refractivity contribution in [3.8, 4) is 11.5 Å². The van der Waals surface area contributed by atoms with Gasteiger partial charge in [-0.05, 0) is 36.4 Å². The summed E-state index contributed by atoms with van der Waals surface area (Å²) in [4.78, 5) is 4.23. The molecular weight excluding hydrogens is 300 g/mol. The van der Waals surface area contributed by atoms with Gasteiger partial charge in [-0.3, -0.25) is 4.98 Å². The van der Waals surface area contributed by atoms with Crippen molar-refractivity contribution in [1.82, 2.24) is 4.98 Å². The van der Waals surface area contributed by atoms with Crippen LogP contribution in [0, 0.1) is 5.82 Å². The van der Waals surface area contributed by atoms with Gasteiger partial charge < -0.3 is 4.74 Å². The fourth-order valence-electron chi connectivity index (χ4n) is 1.85. The lowest BCUT2D eigenvalue weighted by atomic mass is 10.2. The summed E-state index contributed by atoms with van der Waals surface area (Å²) in [5, 5.41) is 1.44. The van der Waals surface area contributed by atoms with E-state index in [4.69, 9.17) is 27.9 Å². The predicted octanol–water partition coefficient (Wildman–Crippen LogP) is 5.47. The van der Waals surface area contributed by atoms with Crippen molar-refractivity contribution in [3.63, 3.8) is 0 Å². The van der Waals surface area contributed by atoms with Gasteiger partial charge in [0.05, 0.1) is 10.5 Å². The van der Waals surface area contributed by atoms with Crippen LogP contribution in [0.2, 0.25) is 10.0 Å². The van der Waals surface area contributed by atoms with Crippen LogP contribution in [0.5, 0.6) is 11.5 Å². The molecule has 0 fully saturated rings.